The van der Waals surface area contributed by atoms with Crippen molar-refractivity contribution in [2.75, 3.05) is 0 Å². The zero-order valence-corrected chi connectivity index (χ0v) is 33.9. The first-order chi connectivity index (χ1) is 30.8. The van der Waals surface area contributed by atoms with Gasteiger partial charge in [0, 0.05) is 36.0 Å². The van der Waals surface area contributed by atoms with Gasteiger partial charge in [0.15, 0.2) is 0 Å². The molecule has 2 heterocycles. The summed E-state index contributed by atoms with van der Waals surface area (Å²) in [5.41, 5.74) is 4.49. The van der Waals surface area contributed by atoms with Gasteiger partial charge in [0.1, 0.15) is 23.5 Å². The Morgan fingerprint density at radius 2 is 0.812 bits per heavy atom. The van der Waals surface area contributed by atoms with Crippen LogP contribution in [0.1, 0.15) is 37.7 Å². The highest BCUT2D eigenvalue weighted by Crippen LogP contribution is 2.31. The maximum absolute atomic E-state index is 12.7. The monoisotopic (exact) mass is 860 g/mol. The van der Waals surface area contributed by atoms with Gasteiger partial charge in [-0.05, 0) is 68.4 Å². The van der Waals surface area contributed by atoms with E-state index in [4.69, 9.17) is 0 Å². The molecular formula is C51H39F3N4O6. The van der Waals surface area contributed by atoms with E-state index in [1.165, 1.54) is 12.1 Å². The average molecular weight is 861 g/mol. The van der Waals surface area contributed by atoms with Crippen molar-refractivity contribution < 1.29 is 42.6 Å². The lowest BCUT2D eigenvalue weighted by Gasteiger charge is -2.15. The smallest absolute Gasteiger partial charge is 0.416 e. The van der Waals surface area contributed by atoms with Crippen LogP contribution in [0, 0.1) is 0 Å². The zero-order valence-electron chi connectivity index (χ0n) is 33.9. The van der Waals surface area contributed by atoms with E-state index in [1.807, 2.05) is 103 Å². The lowest BCUT2D eigenvalue weighted by atomic mass is 9.99. The summed E-state index contributed by atoms with van der Waals surface area (Å²) in [6.07, 6.45) is -1.02. The van der Waals surface area contributed by atoms with Crippen molar-refractivity contribution in [3.05, 3.63) is 204 Å². The fourth-order valence-electron chi connectivity index (χ4n) is 6.90. The molecule has 0 radical (unpaired) electrons. The van der Waals surface area contributed by atoms with Gasteiger partial charge >= 0.3 is 18.1 Å². The van der Waals surface area contributed by atoms with Gasteiger partial charge in [0.05, 0.1) is 5.56 Å². The second kappa shape index (κ2) is 19.7. The molecule has 0 bridgehead atoms. The van der Waals surface area contributed by atoms with Crippen molar-refractivity contribution in [1.29, 1.82) is 0 Å². The Morgan fingerprint density at radius 3 is 1.19 bits per heavy atom. The average Bonchev–Trinajstić information content (AvgIpc) is 3.31. The Kier molecular flexibility index (Phi) is 13.5. The second-order valence-corrected chi connectivity index (χ2v) is 14.8. The first kappa shape index (κ1) is 43.9. The minimum Gasteiger partial charge on any atom is -0.480 e. The number of aromatic nitrogens is 2. The number of nitrogens with one attached hydrogen (secondary N) is 2. The number of hydrogen-bond acceptors (Lipinski definition) is 6. The van der Waals surface area contributed by atoms with Crippen LogP contribution in [0.25, 0.3) is 43.8 Å². The lowest BCUT2D eigenvalue weighted by molar-refractivity contribution is -0.140. The molecule has 8 aromatic rings. The highest BCUT2D eigenvalue weighted by molar-refractivity contribution is 5.99. The number of carbonyl (C=O) groups is 4. The van der Waals surface area contributed by atoms with Crippen molar-refractivity contribution in [3.63, 3.8) is 0 Å². The molecule has 0 saturated carbocycles. The van der Waals surface area contributed by atoms with E-state index >= 15 is 0 Å². The van der Waals surface area contributed by atoms with Gasteiger partial charge in [0.25, 0.3) is 11.8 Å². The van der Waals surface area contributed by atoms with E-state index in [1.54, 1.807) is 48.8 Å². The Hall–Kier alpha value is -8.19. The molecule has 2 atom stereocenters. The molecule has 8 rings (SSSR count). The van der Waals surface area contributed by atoms with Crippen LogP contribution < -0.4 is 10.6 Å². The first-order valence-electron chi connectivity index (χ1n) is 20.0. The minimum atomic E-state index is -4.40. The maximum atomic E-state index is 12.7. The standard InChI is InChI=1S/C26H19F3N2O3.C25H20N2O3/c27-26(28,29)21-11-9-18(10-12-21)17-7-5-16(6-8-17)13-23(25(33)34)31-24(32)22-14-19-3-1-2-4-20(19)15-30-22;28-24(22-15-20-8-4-5-9-21(20)16-26-22)27-23(25(29)30)14-17-10-12-19(13-11-17)18-6-2-1-3-7-18/h1-12,14-15,23H,13H2,(H,31,32)(H,33,34);1-13,15-16,23H,14H2,(H,27,28)(H,29,30)/t2*23-/m00/s1. The number of halogens is 3. The quantitative estimate of drug-likeness (QED) is 0.0946. The third-order valence-corrected chi connectivity index (χ3v) is 10.4. The summed E-state index contributed by atoms with van der Waals surface area (Å²) >= 11 is 0. The molecule has 2 aromatic heterocycles. The predicted octanol–water partition coefficient (Wildman–Crippen LogP) is 9.67. The molecule has 64 heavy (non-hydrogen) atoms. The molecule has 2 amide bonds. The van der Waals surface area contributed by atoms with Gasteiger partial charge in [-0.3, -0.25) is 19.6 Å². The minimum absolute atomic E-state index is 0.0297. The second-order valence-electron chi connectivity index (χ2n) is 14.8. The van der Waals surface area contributed by atoms with E-state index in [9.17, 15) is 42.6 Å². The molecule has 4 N–H and O–H groups in total. The van der Waals surface area contributed by atoms with E-state index in [-0.39, 0.29) is 24.2 Å². The number of fused-ring (bicyclic) bond motifs is 2. The van der Waals surface area contributed by atoms with Crippen molar-refractivity contribution >= 4 is 45.3 Å². The van der Waals surface area contributed by atoms with Gasteiger partial charge < -0.3 is 20.8 Å². The number of carboxylic acids is 2. The molecule has 10 nitrogen and oxygen atoms in total. The molecule has 0 saturated heterocycles. The fraction of sp³-hybridized carbons (Fsp3) is 0.0980. The van der Waals surface area contributed by atoms with Crippen molar-refractivity contribution in [3.8, 4) is 22.3 Å². The lowest BCUT2D eigenvalue weighted by Crippen LogP contribution is -2.42. The van der Waals surface area contributed by atoms with Crippen LogP contribution >= 0.6 is 0 Å². The van der Waals surface area contributed by atoms with E-state index < -0.39 is 47.6 Å². The number of alkyl halides is 3. The van der Waals surface area contributed by atoms with Crippen LogP contribution in [0.15, 0.2) is 176 Å². The van der Waals surface area contributed by atoms with Crippen molar-refractivity contribution in [2.24, 2.45) is 0 Å². The Morgan fingerprint density at radius 1 is 0.469 bits per heavy atom. The first-order valence-corrected chi connectivity index (χ1v) is 20.0. The summed E-state index contributed by atoms with van der Waals surface area (Å²) in [6, 6.07) is 45.2. The number of hydrogen-bond donors (Lipinski definition) is 4. The van der Waals surface area contributed by atoms with Crippen LogP contribution in [-0.4, -0.2) is 56.0 Å². The molecule has 320 valence electrons. The summed E-state index contributed by atoms with van der Waals surface area (Å²) in [7, 11) is 0. The number of aliphatic carboxylic acids is 2. The van der Waals surface area contributed by atoms with E-state index in [0.29, 0.717) is 16.7 Å². The Balaban J connectivity index is 0.000000193. The highest BCUT2D eigenvalue weighted by atomic mass is 19.4. The zero-order chi connectivity index (χ0) is 45.2. The molecule has 0 unspecified atom stereocenters. The Bertz CT molecular complexity index is 2930. The number of nitrogens with zero attached hydrogens (tertiary/aromatic N) is 2. The molecule has 0 aliphatic rings. The van der Waals surface area contributed by atoms with Gasteiger partial charge in [0.2, 0.25) is 0 Å². The molecular weight excluding hydrogens is 822 g/mol. The van der Waals surface area contributed by atoms with Crippen LogP contribution in [0.3, 0.4) is 0 Å². The summed E-state index contributed by atoms with van der Waals surface area (Å²) in [4.78, 5) is 57.0. The van der Waals surface area contributed by atoms with Gasteiger partial charge in [-0.1, -0.05) is 140 Å². The molecule has 0 spiro atoms. The molecule has 6 aromatic carbocycles. The van der Waals surface area contributed by atoms with Crippen LogP contribution in [0.2, 0.25) is 0 Å². The number of carboxylic acid groups (broad SMARTS) is 2. The molecule has 0 aliphatic heterocycles. The largest absolute Gasteiger partial charge is 0.480 e. The molecule has 0 aliphatic carbocycles. The number of benzene rings is 6. The summed E-state index contributed by atoms with van der Waals surface area (Å²) in [5, 5.41) is 27.8. The van der Waals surface area contributed by atoms with Crippen molar-refractivity contribution in [2.45, 2.75) is 31.1 Å². The van der Waals surface area contributed by atoms with Gasteiger partial charge in [-0.25, -0.2) is 9.59 Å². The van der Waals surface area contributed by atoms with Gasteiger partial charge in [-0.15, -0.1) is 0 Å². The molecule has 13 heteroatoms. The Labute approximate surface area is 365 Å². The molecule has 0 fully saturated rings. The van der Waals surface area contributed by atoms with Crippen LogP contribution in [-0.2, 0) is 28.6 Å². The third-order valence-electron chi connectivity index (χ3n) is 10.4. The third kappa shape index (κ3) is 11.2. The van der Waals surface area contributed by atoms with Gasteiger partial charge in [-0.2, -0.15) is 13.2 Å². The van der Waals surface area contributed by atoms with Crippen LogP contribution in [0.4, 0.5) is 13.2 Å². The van der Waals surface area contributed by atoms with E-state index in [0.717, 1.165) is 50.4 Å². The number of amides is 2. The SMILES string of the molecule is O=C(N[C@@H](Cc1ccc(-c2ccc(C(F)(F)F)cc2)cc1)C(=O)O)c1cc2ccccc2cn1.O=C(N[C@@H](Cc1ccc(-c2ccccc2)cc1)C(=O)O)c1cc2ccccc2cn1. The van der Waals surface area contributed by atoms with Crippen molar-refractivity contribution in [1.82, 2.24) is 20.6 Å². The number of rotatable bonds is 12. The fourth-order valence-corrected chi connectivity index (χ4v) is 6.90. The topological polar surface area (TPSA) is 159 Å². The predicted molar refractivity (Wildman–Crippen MR) is 237 cm³/mol. The van der Waals surface area contributed by atoms with Crippen LogP contribution in [0.5, 0.6) is 0 Å². The number of carbonyl (C=O) groups excluding carboxylic acids is 2. The normalized spacial score (nSPS) is 12.0. The number of pyridine rings is 2. The van der Waals surface area contributed by atoms with E-state index in [2.05, 4.69) is 20.6 Å². The maximum Gasteiger partial charge on any atom is 0.416 e. The summed E-state index contributed by atoms with van der Waals surface area (Å²) in [6.45, 7) is 0. The highest BCUT2D eigenvalue weighted by Gasteiger charge is 2.30. The summed E-state index contributed by atoms with van der Waals surface area (Å²) < 4.78 is 38.2. The summed E-state index contributed by atoms with van der Waals surface area (Å²) in [5.74, 6) is -3.38.